The number of nitrogens with zero attached hydrogens (tertiary/aromatic N) is 3. The number of ether oxygens (including phenoxy) is 1. The Kier molecular flexibility index (Phi) is 8.89. The summed E-state index contributed by atoms with van der Waals surface area (Å²) in [7, 11) is 1.34. The molecule has 0 aliphatic heterocycles. The summed E-state index contributed by atoms with van der Waals surface area (Å²) in [5, 5.41) is 10.3. The molecule has 0 saturated heterocycles. The summed E-state index contributed by atoms with van der Waals surface area (Å²) in [4.78, 5) is 25.0. The van der Waals surface area contributed by atoms with Crippen LogP contribution in [0.15, 0.2) is 59.6 Å². The molecule has 0 aliphatic carbocycles. The Hall–Kier alpha value is -3.56. The highest BCUT2D eigenvalue weighted by Crippen LogP contribution is 2.11. The van der Waals surface area contributed by atoms with Gasteiger partial charge in [-0.15, -0.1) is 0 Å². The first-order valence-corrected chi connectivity index (χ1v) is 11.3. The number of guanidine groups is 1. The topological polar surface area (TPSA) is 101 Å². The van der Waals surface area contributed by atoms with Crippen molar-refractivity contribution in [2.24, 2.45) is 4.99 Å². The molecule has 34 heavy (non-hydrogen) atoms. The zero-order chi connectivity index (χ0) is 24.5. The molecular formula is C24H25ClN6O2S. The second-order valence-electron chi connectivity index (χ2n) is 7.35. The van der Waals surface area contributed by atoms with Crippen LogP contribution in [0.5, 0.6) is 0 Å². The minimum Gasteiger partial charge on any atom is -0.465 e. The van der Waals surface area contributed by atoms with E-state index in [1.807, 2.05) is 44.2 Å². The third-order valence-corrected chi connectivity index (χ3v) is 5.05. The van der Waals surface area contributed by atoms with Crippen LogP contribution in [0, 0.1) is 13.8 Å². The molecule has 176 valence electrons. The molecule has 0 radical (unpaired) electrons. The molecule has 0 aliphatic rings. The van der Waals surface area contributed by atoms with Crippen molar-refractivity contribution in [2.75, 3.05) is 24.3 Å². The average molecular weight is 497 g/mol. The van der Waals surface area contributed by atoms with E-state index in [4.69, 9.17) is 28.6 Å². The Morgan fingerprint density at radius 1 is 1.03 bits per heavy atom. The number of methoxy groups -OCH3 is 1. The lowest BCUT2D eigenvalue weighted by Crippen LogP contribution is -2.39. The van der Waals surface area contributed by atoms with Crippen LogP contribution >= 0.6 is 23.8 Å². The summed E-state index contributed by atoms with van der Waals surface area (Å²) in [6.07, 6.45) is 0.715. The minimum absolute atomic E-state index is 0.313. The van der Waals surface area contributed by atoms with Crippen molar-refractivity contribution >= 4 is 52.5 Å². The van der Waals surface area contributed by atoms with Crippen molar-refractivity contribution in [1.82, 2.24) is 15.3 Å². The van der Waals surface area contributed by atoms with E-state index in [0.29, 0.717) is 46.3 Å². The highest BCUT2D eigenvalue weighted by atomic mass is 35.5. The molecule has 3 rings (SSSR count). The summed E-state index contributed by atoms with van der Waals surface area (Å²) in [5.74, 6) is 0.420. The summed E-state index contributed by atoms with van der Waals surface area (Å²) in [6, 6.07) is 16.3. The van der Waals surface area contributed by atoms with Crippen molar-refractivity contribution in [1.29, 1.82) is 0 Å². The maximum absolute atomic E-state index is 11.6. The number of aliphatic imine (C=N–C) groups is 1. The molecule has 0 atom stereocenters. The third-order valence-electron chi connectivity index (χ3n) is 4.59. The number of aromatic nitrogens is 2. The molecular weight excluding hydrogens is 472 g/mol. The van der Waals surface area contributed by atoms with Gasteiger partial charge in [0, 0.05) is 28.6 Å². The number of benzene rings is 2. The van der Waals surface area contributed by atoms with E-state index in [0.717, 1.165) is 17.0 Å². The Balaban J connectivity index is 1.70. The van der Waals surface area contributed by atoms with Crippen molar-refractivity contribution in [3.8, 4) is 0 Å². The lowest BCUT2D eigenvalue weighted by molar-refractivity contribution is 0.0601. The van der Waals surface area contributed by atoms with Crippen LogP contribution in [0.3, 0.4) is 0 Å². The molecule has 1 heterocycles. The van der Waals surface area contributed by atoms with Gasteiger partial charge >= 0.3 is 5.97 Å². The van der Waals surface area contributed by atoms with E-state index in [1.165, 1.54) is 7.11 Å². The third kappa shape index (κ3) is 7.79. The molecule has 0 unspecified atom stereocenters. The summed E-state index contributed by atoms with van der Waals surface area (Å²) in [6.45, 7) is 4.29. The number of carbonyl (C=O) groups excluding carboxylic acids is 1. The predicted molar refractivity (Wildman–Crippen MR) is 140 cm³/mol. The standard InChI is InChI=1S/C24H25ClN6O2S/c1-15-14-16(2)28-23(27-15)30-22(26-13-12-17-4-8-19(25)9-5-17)31-24(34)29-20-10-6-18(7-11-20)21(32)33-3/h4-11,14H,12-13H2,1-3H3,(H3,26,27,28,29,30,31,34). The SMILES string of the molecule is COC(=O)c1ccc(NC(=S)NC(=NCCc2ccc(Cl)cc2)Nc2nc(C)cc(C)n2)cc1. The van der Waals surface area contributed by atoms with Crippen LogP contribution in [0.25, 0.3) is 0 Å². The monoisotopic (exact) mass is 496 g/mol. The van der Waals surface area contributed by atoms with Crippen LogP contribution < -0.4 is 16.0 Å². The molecule has 10 heteroatoms. The Bertz CT molecular complexity index is 1160. The number of nitrogens with one attached hydrogen (secondary N) is 3. The lowest BCUT2D eigenvalue weighted by atomic mass is 10.1. The lowest BCUT2D eigenvalue weighted by Gasteiger charge is -2.14. The molecule has 3 N–H and O–H groups in total. The quantitative estimate of drug-likeness (QED) is 0.198. The number of thiocarbonyl (C=S) groups is 1. The van der Waals surface area contributed by atoms with Gasteiger partial charge in [0.25, 0.3) is 0 Å². The van der Waals surface area contributed by atoms with E-state index < -0.39 is 5.97 Å². The van der Waals surface area contributed by atoms with Crippen LogP contribution in [0.4, 0.5) is 11.6 Å². The minimum atomic E-state index is -0.403. The summed E-state index contributed by atoms with van der Waals surface area (Å²) < 4.78 is 4.72. The Morgan fingerprint density at radius 3 is 2.29 bits per heavy atom. The molecule has 0 saturated carbocycles. The molecule has 0 bridgehead atoms. The molecule has 0 spiro atoms. The number of rotatable bonds is 6. The van der Waals surface area contributed by atoms with E-state index in [2.05, 4.69) is 30.9 Å². The number of hydrogen-bond donors (Lipinski definition) is 3. The van der Waals surface area contributed by atoms with E-state index in [-0.39, 0.29) is 0 Å². The zero-order valence-electron chi connectivity index (χ0n) is 19.1. The van der Waals surface area contributed by atoms with Gasteiger partial charge in [-0.05, 0) is 80.5 Å². The first-order chi connectivity index (χ1) is 16.3. The van der Waals surface area contributed by atoms with Gasteiger partial charge in [-0.3, -0.25) is 10.3 Å². The molecule has 0 fully saturated rings. The molecule has 2 aromatic carbocycles. The van der Waals surface area contributed by atoms with E-state index in [9.17, 15) is 4.79 Å². The number of halogens is 1. The van der Waals surface area contributed by atoms with Crippen molar-refractivity contribution in [2.45, 2.75) is 20.3 Å². The second kappa shape index (κ2) is 12.1. The highest BCUT2D eigenvalue weighted by Gasteiger charge is 2.09. The van der Waals surface area contributed by atoms with Gasteiger partial charge in [-0.1, -0.05) is 23.7 Å². The number of esters is 1. The normalized spacial score (nSPS) is 11.0. The number of aryl methyl sites for hydroxylation is 2. The van der Waals surface area contributed by atoms with Gasteiger partial charge < -0.3 is 15.4 Å². The van der Waals surface area contributed by atoms with Crippen LogP contribution in [-0.4, -0.2) is 40.7 Å². The predicted octanol–water partition coefficient (Wildman–Crippen LogP) is 4.53. The smallest absolute Gasteiger partial charge is 0.337 e. The van der Waals surface area contributed by atoms with Crippen LogP contribution in [-0.2, 0) is 11.2 Å². The summed E-state index contributed by atoms with van der Waals surface area (Å²) in [5.41, 5.74) is 3.93. The molecule has 3 aromatic rings. The fraction of sp³-hybridized carbons (Fsp3) is 0.208. The number of hydrogen-bond acceptors (Lipinski definition) is 6. The first kappa shape index (κ1) is 25.1. The van der Waals surface area contributed by atoms with Gasteiger partial charge in [-0.2, -0.15) is 0 Å². The van der Waals surface area contributed by atoms with E-state index >= 15 is 0 Å². The van der Waals surface area contributed by atoms with Gasteiger partial charge in [-0.25, -0.2) is 14.8 Å². The first-order valence-electron chi connectivity index (χ1n) is 10.5. The molecule has 1 aromatic heterocycles. The molecule has 8 nitrogen and oxygen atoms in total. The van der Waals surface area contributed by atoms with Gasteiger partial charge in [0.15, 0.2) is 5.11 Å². The second-order valence-corrected chi connectivity index (χ2v) is 8.20. The maximum atomic E-state index is 11.6. The van der Waals surface area contributed by atoms with Crippen molar-refractivity contribution < 1.29 is 9.53 Å². The Labute approximate surface area is 208 Å². The van der Waals surface area contributed by atoms with Crippen molar-refractivity contribution in [3.63, 3.8) is 0 Å². The fourth-order valence-electron chi connectivity index (χ4n) is 3.02. The maximum Gasteiger partial charge on any atom is 0.337 e. The molecule has 0 amide bonds. The highest BCUT2D eigenvalue weighted by molar-refractivity contribution is 7.80. The zero-order valence-corrected chi connectivity index (χ0v) is 20.6. The number of anilines is 2. The van der Waals surface area contributed by atoms with Crippen molar-refractivity contribution in [3.05, 3.63) is 82.1 Å². The van der Waals surface area contributed by atoms with Gasteiger partial charge in [0.2, 0.25) is 11.9 Å². The fourth-order valence-corrected chi connectivity index (χ4v) is 3.36. The van der Waals surface area contributed by atoms with Crippen LogP contribution in [0.2, 0.25) is 5.02 Å². The van der Waals surface area contributed by atoms with Gasteiger partial charge in [0.1, 0.15) is 0 Å². The average Bonchev–Trinajstić information content (AvgIpc) is 2.79. The largest absolute Gasteiger partial charge is 0.465 e. The number of carbonyl (C=O) groups is 1. The summed E-state index contributed by atoms with van der Waals surface area (Å²) >= 11 is 11.4. The Morgan fingerprint density at radius 2 is 1.68 bits per heavy atom. The van der Waals surface area contributed by atoms with Crippen LogP contribution in [0.1, 0.15) is 27.3 Å². The van der Waals surface area contributed by atoms with E-state index in [1.54, 1.807) is 24.3 Å². The van der Waals surface area contributed by atoms with Gasteiger partial charge in [0.05, 0.1) is 12.7 Å².